The summed E-state index contributed by atoms with van der Waals surface area (Å²) < 4.78 is 1.54. The van der Waals surface area contributed by atoms with Crippen molar-refractivity contribution in [1.82, 2.24) is 9.88 Å². The summed E-state index contributed by atoms with van der Waals surface area (Å²) in [6, 6.07) is 17.0. The summed E-state index contributed by atoms with van der Waals surface area (Å²) >= 11 is 0. The Labute approximate surface area is 181 Å². The van der Waals surface area contributed by atoms with Gasteiger partial charge >= 0.3 is 0 Å². The van der Waals surface area contributed by atoms with Crippen molar-refractivity contribution in [3.05, 3.63) is 98.5 Å². The van der Waals surface area contributed by atoms with E-state index in [2.05, 4.69) is 12.2 Å². The average Bonchev–Trinajstić information content (AvgIpc) is 2.78. The normalized spacial score (nSPS) is 13.0. The van der Waals surface area contributed by atoms with Gasteiger partial charge in [0.05, 0.1) is 0 Å². The lowest BCUT2D eigenvalue weighted by atomic mass is 9.92. The van der Waals surface area contributed by atoms with Gasteiger partial charge in [-0.3, -0.25) is 19.0 Å². The first-order chi connectivity index (χ1) is 15.0. The number of amides is 1. The van der Waals surface area contributed by atoms with Crippen molar-refractivity contribution < 1.29 is 9.59 Å². The van der Waals surface area contributed by atoms with Gasteiger partial charge in [-0.15, -0.1) is 0 Å². The number of aryl methyl sites for hydroxylation is 2. The molecule has 0 saturated carbocycles. The molecule has 1 amide bonds. The van der Waals surface area contributed by atoms with E-state index in [0.29, 0.717) is 42.8 Å². The van der Waals surface area contributed by atoms with E-state index in [1.165, 1.54) is 16.2 Å². The summed E-state index contributed by atoms with van der Waals surface area (Å²) in [5.41, 5.74) is 4.70. The van der Waals surface area contributed by atoms with Crippen molar-refractivity contribution in [1.29, 1.82) is 0 Å². The van der Waals surface area contributed by atoms with Gasteiger partial charge in [0.25, 0.3) is 11.5 Å². The highest BCUT2D eigenvalue weighted by Crippen LogP contribution is 2.24. The number of hydrogen-bond donors (Lipinski definition) is 1. The van der Waals surface area contributed by atoms with E-state index in [0.717, 1.165) is 17.5 Å². The molecule has 1 aromatic heterocycles. The van der Waals surface area contributed by atoms with Gasteiger partial charge in [-0.2, -0.15) is 0 Å². The standard InChI is InChI=1S/C26H26N2O3/c1-3-18-9-11-19(12-10-18)16-27-25(30)22-15-21-23(5-4-6-24(21)29)28(26(22)31)20-13-7-17(2)8-14-20/h7-15H,3-6,16H2,1-2H3,(H,27,30). The molecule has 5 nitrogen and oxygen atoms in total. The van der Waals surface area contributed by atoms with Gasteiger partial charge in [0, 0.05) is 29.9 Å². The number of rotatable bonds is 5. The van der Waals surface area contributed by atoms with Gasteiger partial charge in [0.15, 0.2) is 5.78 Å². The number of Topliss-reactive ketones (excluding diaryl/α,β-unsaturated/α-hetero) is 1. The van der Waals surface area contributed by atoms with Gasteiger partial charge in [-0.25, -0.2) is 0 Å². The van der Waals surface area contributed by atoms with Crippen LogP contribution in [0.3, 0.4) is 0 Å². The number of pyridine rings is 1. The second-order valence-electron chi connectivity index (χ2n) is 8.02. The largest absolute Gasteiger partial charge is 0.348 e. The van der Waals surface area contributed by atoms with Crippen LogP contribution in [0.5, 0.6) is 0 Å². The molecule has 0 radical (unpaired) electrons. The van der Waals surface area contributed by atoms with Crippen LogP contribution in [0.1, 0.15) is 62.9 Å². The number of aromatic nitrogens is 1. The predicted octanol–water partition coefficient (Wildman–Crippen LogP) is 4.16. The van der Waals surface area contributed by atoms with Crippen molar-refractivity contribution in [2.45, 2.75) is 46.1 Å². The molecule has 0 aliphatic heterocycles. The van der Waals surface area contributed by atoms with Gasteiger partial charge in [-0.1, -0.05) is 48.9 Å². The molecule has 158 valence electrons. The van der Waals surface area contributed by atoms with Gasteiger partial charge < -0.3 is 5.32 Å². The number of benzene rings is 2. The van der Waals surface area contributed by atoms with Crippen LogP contribution in [0.2, 0.25) is 0 Å². The lowest BCUT2D eigenvalue weighted by Crippen LogP contribution is -2.35. The van der Waals surface area contributed by atoms with E-state index in [-0.39, 0.29) is 11.3 Å². The Balaban J connectivity index is 1.71. The average molecular weight is 415 g/mol. The van der Waals surface area contributed by atoms with Crippen molar-refractivity contribution in [3.8, 4) is 5.69 Å². The van der Waals surface area contributed by atoms with Crippen LogP contribution in [0.4, 0.5) is 0 Å². The molecule has 0 unspecified atom stereocenters. The Morgan fingerprint density at radius 2 is 1.65 bits per heavy atom. The number of carbonyl (C=O) groups excluding carboxylic acids is 2. The summed E-state index contributed by atoms with van der Waals surface area (Å²) in [5.74, 6) is -0.488. The fourth-order valence-electron chi connectivity index (χ4n) is 3.99. The Kier molecular flexibility index (Phi) is 5.85. The number of ketones is 1. The maximum atomic E-state index is 13.4. The van der Waals surface area contributed by atoms with Gasteiger partial charge in [-0.05, 0) is 55.5 Å². The molecule has 0 bridgehead atoms. The summed E-state index contributed by atoms with van der Waals surface area (Å²) in [5, 5.41) is 2.84. The molecule has 31 heavy (non-hydrogen) atoms. The maximum absolute atomic E-state index is 13.4. The second-order valence-corrected chi connectivity index (χ2v) is 8.02. The summed E-state index contributed by atoms with van der Waals surface area (Å²) in [6.07, 6.45) is 2.73. The van der Waals surface area contributed by atoms with E-state index in [1.54, 1.807) is 0 Å². The molecule has 0 fully saturated rings. The SMILES string of the molecule is CCc1ccc(CNC(=O)c2cc3c(n(-c4ccc(C)cc4)c2=O)CCCC3=O)cc1. The van der Waals surface area contributed by atoms with E-state index >= 15 is 0 Å². The zero-order chi connectivity index (χ0) is 22.0. The number of hydrogen-bond acceptors (Lipinski definition) is 3. The first-order valence-electron chi connectivity index (χ1n) is 10.7. The molecular weight excluding hydrogens is 388 g/mol. The summed E-state index contributed by atoms with van der Waals surface area (Å²) in [4.78, 5) is 38.9. The van der Waals surface area contributed by atoms with Crippen LogP contribution in [0.25, 0.3) is 5.69 Å². The molecular formula is C26H26N2O3. The fourth-order valence-corrected chi connectivity index (χ4v) is 3.99. The number of nitrogens with zero attached hydrogens (tertiary/aromatic N) is 1. The second kappa shape index (κ2) is 8.72. The van der Waals surface area contributed by atoms with Crippen molar-refractivity contribution in [2.24, 2.45) is 0 Å². The Morgan fingerprint density at radius 1 is 0.968 bits per heavy atom. The van der Waals surface area contributed by atoms with Gasteiger partial charge in [0.1, 0.15) is 5.56 Å². The fraction of sp³-hybridized carbons (Fsp3) is 0.269. The molecule has 4 rings (SSSR count). The molecule has 0 saturated heterocycles. The van der Waals surface area contributed by atoms with E-state index in [9.17, 15) is 14.4 Å². The highest BCUT2D eigenvalue weighted by molar-refractivity contribution is 6.01. The number of carbonyl (C=O) groups is 2. The molecule has 5 heteroatoms. The van der Waals surface area contributed by atoms with Crippen LogP contribution in [-0.4, -0.2) is 16.3 Å². The zero-order valence-corrected chi connectivity index (χ0v) is 17.9. The molecule has 1 N–H and O–H groups in total. The molecule has 3 aromatic rings. The molecule has 0 spiro atoms. The minimum absolute atomic E-state index is 0.000228. The van der Waals surface area contributed by atoms with Gasteiger partial charge in [0.2, 0.25) is 0 Å². The molecule has 2 aromatic carbocycles. The molecule has 1 aliphatic rings. The van der Waals surface area contributed by atoms with Crippen LogP contribution >= 0.6 is 0 Å². The Hall–Kier alpha value is -3.47. The first-order valence-corrected chi connectivity index (χ1v) is 10.7. The third kappa shape index (κ3) is 4.22. The highest BCUT2D eigenvalue weighted by Gasteiger charge is 2.26. The third-order valence-corrected chi connectivity index (χ3v) is 5.84. The van der Waals surface area contributed by atoms with Crippen LogP contribution < -0.4 is 10.9 Å². The van der Waals surface area contributed by atoms with Crippen LogP contribution in [0.15, 0.2) is 59.4 Å². The quantitative estimate of drug-likeness (QED) is 0.682. The monoisotopic (exact) mass is 414 g/mol. The predicted molar refractivity (Wildman–Crippen MR) is 121 cm³/mol. The molecule has 0 atom stereocenters. The maximum Gasteiger partial charge on any atom is 0.268 e. The topological polar surface area (TPSA) is 68.2 Å². The Morgan fingerprint density at radius 3 is 2.32 bits per heavy atom. The van der Waals surface area contributed by atoms with Crippen LogP contribution in [-0.2, 0) is 19.4 Å². The minimum Gasteiger partial charge on any atom is -0.348 e. The Bertz CT molecular complexity index is 1190. The van der Waals surface area contributed by atoms with E-state index in [1.807, 2.05) is 55.5 Å². The van der Waals surface area contributed by atoms with Crippen LogP contribution in [0, 0.1) is 6.92 Å². The lowest BCUT2D eigenvalue weighted by molar-refractivity contribution is 0.0949. The number of nitrogens with one attached hydrogen (secondary N) is 1. The summed E-state index contributed by atoms with van der Waals surface area (Å²) in [7, 11) is 0. The smallest absolute Gasteiger partial charge is 0.268 e. The van der Waals surface area contributed by atoms with E-state index < -0.39 is 11.5 Å². The van der Waals surface area contributed by atoms with Crippen molar-refractivity contribution in [3.63, 3.8) is 0 Å². The van der Waals surface area contributed by atoms with Crippen molar-refractivity contribution >= 4 is 11.7 Å². The van der Waals surface area contributed by atoms with E-state index in [4.69, 9.17) is 0 Å². The first kappa shape index (κ1) is 20.8. The molecule has 1 aliphatic carbocycles. The molecule has 1 heterocycles. The number of fused-ring (bicyclic) bond motifs is 1. The van der Waals surface area contributed by atoms with Crippen molar-refractivity contribution in [2.75, 3.05) is 0 Å². The highest BCUT2D eigenvalue weighted by atomic mass is 16.2. The zero-order valence-electron chi connectivity index (χ0n) is 17.9. The minimum atomic E-state index is -0.466. The third-order valence-electron chi connectivity index (χ3n) is 5.84. The summed E-state index contributed by atoms with van der Waals surface area (Å²) in [6.45, 7) is 4.38. The lowest BCUT2D eigenvalue weighted by Gasteiger charge is -2.21.